The molecule has 0 fully saturated rings. The lowest BCUT2D eigenvalue weighted by Crippen LogP contribution is -2.42. The van der Waals surface area contributed by atoms with E-state index in [0.29, 0.717) is 12.8 Å². The van der Waals surface area contributed by atoms with Gasteiger partial charge in [-0.25, -0.2) is 0 Å². The molecule has 3 heteroatoms. The monoisotopic (exact) mass is 196 g/mol. The second-order valence-electron chi connectivity index (χ2n) is 3.90. The van der Waals surface area contributed by atoms with Crippen LogP contribution in [0.25, 0.3) is 0 Å². The van der Waals surface area contributed by atoms with Gasteiger partial charge in [0.1, 0.15) is 0 Å². The summed E-state index contributed by atoms with van der Waals surface area (Å²) in [6, 6.07) is 0. The minimum Gasteiger partial charge on any atom is -0.451 e. The maximum absolute atomic E-state index is 11.5. The second-order valence-corrected chi connectivity index (χ2v) is 3.90. The number of carbonyl (C=O) groups is 2. The molecule has 0 spiro atoms. The highest BCUT2D eigenvalue weighted by molar-refractivity contribution is 5.87. The van der Waals surface area contributed by atoms with Gasteiger partial charge in [0.15, 0.2) is 11.4 Å². The topological polar surface area (TPSA) is 43.4 Å². The smallest absolute Gasteiger partial charge is 0.303 e. The first-order valence-electron chi connectivity index (χ1n) is 4.82. The highest BCUT2D eigenvalue weighted by Gasteiger charge is 2.39. The molecule has 14 heavy (non-hydrogen) atoms. The number of allylic oxidation sites excluding steroid dienone is 1. The SMILES string of the molecule is CC(=O)O[C@]1(C(C)=O)CC=C(C)CC1. The highest BCUT2D eigenvalue weighted by Crippen LogP contribution is 2.31. The first-order valence-corrected chi connectivity index (χ1v) is 4.82. The number of ether oxygens (including phenoxy) is 1. The number of ketones is 1. The van der Waals surface area contributed by atoms with E-state index < -0.39 is 5.60 Å². The van der Waals surface area contributed by atoms with Crippen LogP contribution in [0.1, 0.15) is 40.0 Å². The van der Waals surface area contributed by atoms with Gasteiger partial charge in [-0.2, -0.15) is 0 Å². The second kappa shape index (κ2) is 3.95. The standard InChI is InChI=1S/C11H16O3/c1-8-4-6-11(7-5-8,9(2)12)14-10(3)13/h4H,5-7H2,1-3H3/t11-/m1/s1. The largest absolute Gasteiger partial charge is 0.451 e. The van der Waals surface area contributed by atoms with Gasteiger partial charge in [0.2, 0.25) is 0 Å². The van der Waals surface area contributed by atoms with E-state index in [1.807, 2.05) is 13.0 Å². The number of rotatable bonds is 2. The lowest BCUT2D eigenvalue weighted by atomic mass is 9.83. The third-order valence-corrected chi connectivity index (χ3v) is 2.68. The van der Waals surface area contributed by atoms with Crippen molar-refractivity contribution in [3.8, 4) is 0 Å². The average Bonchev–Trinajstić information content (AvgIpc) is 2.08. The van der Waals surface area contributed by atoms with Crippen molar-refractivity contribution in [2.45, 2.75) is 45.6 Å². The van der Waals surface area contributed by atoms with Crippen molar-refractivity contribution < 1.29 is 14.3 Å². The van der Waals surface area contributed by atoms with E-state index in [1.54, 1.807) is 0 Å². The molecule has 0 heterocycles. The van der Waals surface area contributed by atoms with Gasteiger partial charge >= 0.3 is 5.97 Å². The molecule has 0 aliphatic heterocycles. The Morgan fingerprint density at radius 3 is 2.43 bits per heavy atom. The molecule has 0 bridgehead atoms. The van der Waals surface area contributed by atoms with Crippen molar-refractivity contribution in [2.75, 3.05) is 0 Å². The third kappa shape index (κ3) is 2.22. The number of carbonyl (C=O) groups excluding carboxylic acids is 2. The predicted molar refractivity (Wildman–Crippen MR) is 52.8 cm³/mol. The number of hydrogen-bond donors (Lipinski definition) is 0. The Bertz CT molecular complexity index is 291. The van der Waals surface area contributed by atoms with Crippen LogP contribution >= 0.6 is 0 Å². The lowest BCUT2D eigenvalue weighted by Gasteiger charge is -2.32. The zero-order valence-electron chi connectivity index (χ0n) is 8.92. The van der Waals surface area contributed by atoms with Crippen LogP contribution in [0.3, 0.4) is 0 Å². The first kappa shape index (κ1) is 11.0. The fourth-order valence-electron chi connectivity index (χ4n) is 1.70. The van der Waals surface area contributed by atoms with E-state index in [9.17, 15) is 9.59 Å². The summed E-state index contributed by atoms with van der Waals surface area (Å²) in [6.45, 7) is 4.85. The summed E-state index contributed by atoms with van der Waals surface area (Å²) < 4.78 is 5.16. The van der Waals surface area contributed by atoms with Gasteiger partial charge in [-0.05, 0) is 26.7 Å². The zero-order valence-corrected chi connectivity index (χ0v) is 8.92. The molecule has 1 atom stereocenters. The minimum atomic E-state index is -0.884. The Morgan fingerprint density at radius 1 is 1.43 bits per heavy atom. The van der Waals surface area contributed by atoms with Crippen molar-refractivity contribution in [3.05, 3.63) is 11.6 Å². The van der Waals surface area contributed by atoms with Crippen LogP contribution in [-0.4, -0.2) is 17.4 Å². The van der Waals surface area contributed by atoms with E-state index in [0.717, 1.165) is 6.42 Å². The summed E-state index contributed by atoms with van der Waals surface area (Å²) in [7, 11) is 0. The summed E-state index contributed by atoms with van der Waals surface area (Å²) in [5.41, 5.74) is 0.375. The molecule has 1 aliphatic rings. The van der Waals surface area contributed by atoms with Gasteiger partial charge in [0, 0.05) is 13.3 Å². The molecule has 0 unspecified atom stereocenters. The molecule has 78 valence electrons. The van der Waals surface area contributed by atoms with Crippen LogP contribution in [-0.2, 0) is 14.3 Å². The van der Waals surface area contributed by atoms with Crippen molar-refractivity contribution in [1.29, 1.82) is 0 Å². The number of Topliss-reactive ketones (excluding diaryl/α,β-unsaturated/α-hetero) is 1. The summed E-state index contributed by atoms with van der Waals surface area (Å²) in [5, 5.41) is 0. The average molecular weight is 196 g/mol. The normalized spacial score (nSPS) is 26.6. The predicted octanol–water partition coefficient (Wildman–Crippen LogP) is 2.01. The van der Waals surface area contributed by atoms with Crippen molar-refractivity contribution >= 4 is 11.8 Å². The highest BCUT2D eigenvalue weighted by atomic mass is 16.6. The molecule has 1 aliphatic carbocycles. The molecular weight excluding hydrogens is 180 g/mol. The van der Waals surface area contributed by atoms with Crippen LogP contribution in [0, 0.1) is 0 Å². The Hall–Kier alpha value is -1.12. The minimum absolute atomic E-state index is 0.0588. The van der Waals surface area contributed by atoms with Crippen LogP contribution in [0.5, 0.6) is 0 Å². The fourth-order valence-corrected chi connectivity index (χ4v) is 1.70. The van der Waals surface area contributed by atoms with E-state index in [-0.39, 0.29) is 11.8 Å². The zero-order chi connectivity index (χ0) is 10.8. The van der Waals surface area contributed by atoms with Gasteiger partial charge in [0.25, 0.3) is 0 Å². The van der Waals surface area contributed by atoms with Gasteiger partial charge in [-0.1, -0.05) is 11.6 Å². The first-order chi connectivity index (χ1) is 6.46. The molecule has 0 N–H and O–H groups in total. The number of hydrogen-bond acceptors (Lipinski definition) is 3. The molecule has 1 rings (SSSR count). The van der Waals surface area contributed by atoms with Crippen LogP contribution in [0.15, 0.2) is 11.6 Å². The Morgan fingerprint density at radius 2 is 2.07 bits per heavy atom. The van der Waals surface area contributed by atoms with Crippen molar-refractivity contribution in [2.24, 2.45) is 0 Å². The molecule has 3 nitrogen and oxygen atoms in total. The van der Waals surface area contributed by atoms with E-state index >= 15 is 0 Å². The van der Waals surface area contributed by atoms with Crippen LogP contribution in [0.2, 0.25) is 0 Å². The van der Waals surface area contributed by atoms with Gasteiger partial charge in [-0.15, -0.1) is 0 Å². The maximum Gasteiger partial charge on any atom is 0.303 e. The fraction of sp³-hybridized carbons (Fsp3) is 0.636. The van der Waals surface area contributed by atoms with Crippen LogP contribution in [0.4, 0.5) is 0 Å². The summed E-state index contributed by atoms with van der Waals surface area (Å²) in [4.78, 5) is 22.4. The van der Waals surface area contributed by atoms with E-state index in [4.69, 9.17) is 4.74 Å². The van der Waals surface area contributed by atoms with Gasteiger partial charge in [-0.3, -0.25) is 9.59 Å². The molecule has 0 amide bonds. The van der Waals surface area contributed by atoms with Gasteiger partial charge in [0.05, 0.1) is 0 Å². The molecule has 0 radical (unpaired) electrons. The lowest BCUT2D eigenvalue weighted by molar-refractivity contribution is -0.165. The molecular formula is C11H16O3. The summed E-state index contributed by atoms with van der Waals surface area (Å²) in [5.74, 6) is -0.440. The van der Waals surface area contributed by atoms with Crippen molar-refractivity contribution in [3.63, 3.8) is 0 Å². The molecule has 0 saturated heterocycles. The van der Waals surface area contributed by atoms with Crippen molar-refractivity contribution in [1.82, 2.24) is 0 Å². The van der Waals surface area contributed by atoms with Crippen LogP contribution < -0.4 is 0 Å². The molecule has 0 aromatic rings. The Labute approximate surface area is 84.1 Å². The third-order valence-electron chi connectivity index (χ3n) is 2.68. The summed E-state index contributed by atoms with van der Waals surface area (Å²) in [6.07, 6.45) is 3.94. The maximum atomic E-state index is 11.5. The van der Waals surface area contributed by atoms with Gasteiger partial charge < -0.3 is 4.74 Å². The number of esters is 1. The quantitative estimate of drug-likeness (QED) is 0.501. The molecule has 0 aromatic heterocycles. The summed E-state index contributed by atoms with van der Waals surface area (Å²) >= 11 is 0. The Balaban J connectivity index is 2.84. The van der Waals surface area contributed by atoms with E-state index in [2.05, 4.69) is 0 Å². The molecule has 0 aromatic carbocycles. The Kier molecular flexibility index (Phi) is 3.09. The molecule has 0 saturated carbocycles. The van der Waals surface area contributed by atoms with E-state index in [1.165, 1.54) is 19.4 Å².